The van der Waals surface area contributed by atoms with E-state index in [1.165, 1.54) is 11.9 Å². The Bertz CT molecular complexity index is 1560. The highest BCUT2D eigenvalue weighted by atomic mass is 32.2. The predicted octanol–water partition coefficient (Wildman–Crippen LogP) is 7.64. The molecule has 0 aliphatic rings. The van der Waals surface area contributed by atoms with Crippen molar-refractivity contribution in [2.75, 3.05) is 37.3 Å². The Morgan fingerprint density at radius 3 is 2.40 bits per heavy atom. The molecule has 3 N–H and O–H groups in total. The van der Waals surface area contributed by atoms with Gasteiger partial charge in [0.1, 0.15) is 17.0 Å². The van der Waals surface area contributed by atoms with E-state index in [1.807, 2.05) is 75.4 Å². The van der Waals surface area contributed by atoms with Gasteiger partial charge in [0.2, 0.25) is 0 Å². The van der Waals surface area contributed by atoms with Gasteiger partial charge in [-0.25, -0.2) is 0 Å². The Kier molecular flexibility index (Phi) is 10.1. The maximum absolute atomic E-state index is 12.4. The van der Waals surface area contributed by atoms with Crippen LogP contribution < -0.4 is 24.8 Å². The quantitative estimate of drug-likeness (QED) is 0.0843. The topological polar surface area (TPSA) is 101 Å². The molecule has 9 heteroatoms. The first-order chi connectivity index (χ1) is 20.2. The molecule has 42 heavy (non-hydrogen) atoms. The minimum atomic E-state index is -0.809. The molecule has 218 valence electrons. The third-order valence-electron chi connectivity index (χ3n) is 6.83. The Morgan fingerprint density at radius 2 is 1.64 bits per heavy atom. The van der Waals surface area contributed by atoms with E-state index in [9.17, 15) is 9.70 Å². The summed E-state index contributed by atoms with van der Waals surface area (Å²) >= 11 is 1.46. The summed E-state index contributed by atoms with van der Waals surface area (Å²) in [5.74, 6) is 1.26. The smallest absolute Gasteiger partial charge is 0.251 e. The normalized spacial score (nSPS) is 11.0. The van der Waals surface area contributed by atoms with Gasteiger partial charge < -0.3 is 24.8 Å². The van der Waals surface area contributed by atoms with Crippen molar-refractivity contribution in [3.05, 3.63) is 107 Å². The zero-order valence-electron chi connectivity index (χ0n) is 24.5. The van der Waals surface area contributed by atoms with Gasteiger partial charge in [0.25, 0.3) is 5.91 Å². The molecule has 0 aliphatic heterocycles. The van der Waals surface area contributed by atoms with Crippen LogP contribution >= 0.6 is 11.9 Å². The van der Waals surface area contributed by atoms with Gasteiger partial charge in [-0.3, -0.25) is 4.79 Å². The largest absolute Gasteiger partial charge is 0.497 e. The Labute approximate surface area is 251 Å². The third kappa shape index (κ3) is 7.61. The standard InChI is InChI=1S/C33H36N4O4S/c1-22-17-30(41-5)31(21-29(22)23-9-6-11-25(18-23)33(2,3)37-39)42-36-27-13-8-12-26(20-27)34-15-16-35-32(38)24-10-7-14-28(19-24)40-4/h6-14,17-21,34,36H,15-16H2,1-5H3,(H,35,38). The summed E-state index contributed by atoms with van der Waals surface area (Å²) in [6.45, 7) is 6.70. The number of anilines is 2. The molecule has 0 unspecified atom stereocenters. The number of hydrogen-bond acceptors (Lipinski definition) is 8. The fourth-order valence-corrected chi connectivity index (χ4v) is 5.16. The molecule has 0 saturated carbocycles. The maximum atomic E-state index is 12.4. The summed E-state index contributed by atoms with van der Waals surface area (Å²) in [4.78, 5) is 24.7. The third-order valence-corrected chi connectivity index (χ3v) is 7.71. The maximum Gasteiger partial charge on any atom is 0.251 e. The first-order valence-electron chi connectivity index (χ1n) is 13.6. The fourth-order valence-electron chi connectivity index (χ4n) is 4.39. The molecule has 0 aromatic heterocycles. The lowest BCUT2D eigenvalue weighted by atomic mass is 9.91. The summed E-state index contributed by atoms with van der Waals surface area (Å²) < 4.78 is 14.3. The van der Waals surface area contributed by atoms with Gasteiger partial charge in [0.05, 0.1) is 19.1 Å². The lowest BCUT2D eigenvalue weighted by Crippen LogP contribution is -2.28. The second kappa shape index (κ2) is 13.9. The molecule has 1 amide bonds. The molecule has 0 radical (unpaired) electrons. The molecule has 0 atom stereocenters. The van der Waals surface area contributed by atoms with Gasteiger partial charge in [-0.05, 0) is 110 Å². The van der Waals surface area contributed by atoms with Gasteiger partial charge in [-0.2, -0.15) is 0 Å². The first kappa shape index (κ1) is 30.5. The van der Waals surface area contributed by atoms with Crippen molar-refractivity contribution in [1.82, 2.24) is 5.32 Å². The van der Waals surface area contributed by atoms with Crippen molar-refractivity contribution in [2.24, 2.45) is 5.18 Å². The summed E-state index contributed by atoms with van der Waals surface area (Å²) in [6.07, 6.45) is 0. The minimum Gasteiger partial charge on any atom is -0.497 e. The van der Waals surface area contributed by atoms with Gasteiger partial charge in [0.15, 0.2) is 0 Å². The van der Waals surface area contributed by atoms with Crippen LogP contribution in [0.2, 0.25) is 0 Å². The van der Waals surface area contributed by atoms with Gasteiger partial charge in [-0.15, -0.1) is 4.91 Å². The van der Waals surface area contributed by atoms with Crippen molar-refractivity contribution >= 4 is 29.2 Å². The van der Waals surface area contributed by atoms with Crippen LogP contribution in [0.4, 0.5) is 11.4 Å². The molecule has 0 fully saturated rings. The molecule has 0 spiro atoms. The number of benzene rings is 4. The average molecular weight is 585 g/mol. The Hall–Kier alpha value is -4.50. The zero-order chi connectivity index (χ0) is 30.1. The van der Waals surface area contributed by atoms with Crippen molar-refractivity contribution < 1.29 is 14.3 Å². The number of nitrogens with one attached hydrogen (secondary N) is 3. The van der Waals surface area contributed by atoms with Crippen molar-refractivity contribution in [3.63, 3.8) is 0 Å². The van der Waals surface area contributed by atoms with Crippen molar-refractivity contribution in [3.8, 4) is 22.6 Å². The number of hydrogen-bond donors (Lipinski definition) is 3. The number of amides is 1. The minimum absolute atomic E-state index is 0.148. The highest BCUT2D eigenvalue weighted by Crippen LogP contribution is 2.38. The van der Waals surface area contributed by atoms with Crippen molar-refractivity contribution in [1.29, 1.82) is 0 Å². The van der Waals surface area contributed by atoms with E-state index < -0.39 is 5.54 Å². The number of nitrogens with zero attached hydrogens (tertiary/aromatic N) is 1. The molecular formula is C33H36N4O4S. The summed E-state index contributed by atoms with van der Waals surface area (Å²) in [5.41, 5.74) is 5.58. The fraction of sp³-hybridized carbons (Fsp3) is 0.242. The Balaban J connectivity index is 1.40. The van der Waals surface area contributed by atoms with E-state index in [2.05, 4.69) is 26.6 Å². The van der Waals surface area contributed by atoms with Gasteiger partial charge in [-0.1, -0.05) is 35.5 Å². The summed E-state index contributed by atoms with van der Waals surface area (Å²) in [7, 11) is 3.24. The number of carbonyl (C=O) groups excluding carboxylic acids is 1. The number of aryl methyl sites for hydroxylation is 1. The van der Waals surface area contributed by atoms with Crippen LogP contribution in [0.25, 0.3) is 11.1 Å². The molecule has 4 aromatic carbocycles. The van der Waals surface area contributed by atoms with Crippen molar-refractivity contribution in [2.45, 2.75) is 31.2 Å². The van der Waals surface area contributed by atoms with Crippen LogP contribution in [-0.2, 0) is 5.54 Å². The van der Waals surface area contributed by atoms with E-state index in [4.69, 9.17) is 9.47 Å². The van der Waals surface area contributed by atoms with Crippen LogP contribution in [0.15, 0.2) is 95.0 Å². The number of ether oxygens (including phenoxy) is 2. The highest BCUT2D eigenvalue weighted by molar-refractivity contribution is 8.00. The van der Waals surface area contributed by atoms with Crippen LogP contribution in [0.1, 0.15) is 35.3 Å². The second-order valence-electron chi connectivity index (χ2n) is 10.2. The molecule has 4 rings (SSSR count). The van der Waals surface area contributed by atoms with Crippen LogP contribution in [0.5, 0.6) is 11.5 Å². The molecular weight excluding hydrogens is 548 g/mol. The zero-order valence-corrected chi connectivity index (χ0v) is 25.3. The van der Waals surface area contributed by atoms with Crippen LogP contribution in [-0.4, -0.2) is 33.2 Å². The molecule has 0 bridgehead atoms. The second-order valence-corrected chi connectivity index (χ2v) is 11.1. The number of rotatable bonds is 13. The molecule has 0 aliphatic carbocycles. The highest BCUT2D eigenvalue weighted by Gasteiger charge is 2.22. The molecule has 8 nitrogen and oxygen atoms in total. The average Bonchev–Trinajstić information content (AvgIpc) is 3.02. The van der Waals surface area contributed by atoms with Crippen LogP contribution in [0, 0.1) is 11.8 Å². The van der Waals surface area contributed by atoms with E-state index in [0.29, 0.717) is 24.4 Å². The van der Waals surface area contributed by atoms with E-state index in [1.54, 1.807) is 38.5 Å². The summed E-state index contributed by atoms with van der Waals surface area (Å²) in [6, 6.07) is 27.1. The SMILES string of the molecule is COc1cccc(C(=O)NCCNc2cccc(NSc3cc(-c4cccc(C(C)(C)N=O)c4)c(C)cc3OC)c2)c1. The first-order valence-corrected chi connectivity index (χ1v) is 14.4. The number of nitroso groups, excluding NO2 is 1. The molecule has 0 heterocycles. The van der Waals surface area contributed by atoms with Gasteiger partial charge >= 0.3 is 0 Å². The van der Waals surface area contributed by atoms with E-state index in [-0.39, 0.29) is 5.91 Å². The Morgan fingerprint density at radius 1 is 0.881 bits per heavy atom. The predicted molar refractivity (Wildman–Crippen MR) is 172 cm³/mol. The lowest BCUT2D eigenvalue weighted by Gasteiger charge is -2.18. The van der Waals surface area contributed by atoms with Crippen LogP contribution in [0.3, 0.4) is 0 Å². The number of methoxy groups -OCH3 is 2. The number of carbonyl (C=O) groups is 1. The van der Waals surface area contributed by atoms with E-state index in [0.717, 1.165) is 44.3 Å². The lowest BCUT2D eigenvalue weighted by molar-refractivity contribution is 0.0955. The van der Waals surface area contributed by atoms with E-state index >= 15 is 0 Å². The monoisotopic (exact) mass is 584 g/mol. The molecule has 0 saturated heterocycles. The van der Waals surface area contributed by atoms with Gasteiger partial charge in [0, 0.05) is 30.0 Å². The molecule has 4 aromatic rings. The summed E-state index contributed by atoms with van der Waals surface area (Å²) in [5, 5.41) is 9.57.